The maximum atomic E-state index is 13.6. The molecule has 0 atom stereocenters. The van der Waals surface area contributed by atoms with E-state index >= 15 is 0 Å². The molecule has 1 heterocycles. The fourth-order valence-corrected chi connectivity index (χ4v) is 6.20. The summed E-state index contributed by atoms with van der Waals surface area (Å²) < 4.78 is 40.9. The molecule has 5 rings (SSSR count). The van der Waals surface area contributed by atoms with Gasteiger partial charge in [0.15, 0.2) is 0 Å². The second kappa shape index (κ2) is 15.8. The molecule has 0 unspecified atom stereocenters. The highest BCUT2D eigenvalue weighted by molar-refractivity contribution is 5.85. The summed E-state index contributed by atoms with van der Waals surface area (Å²) in [6.45, 7) is 4.59. The molecule has 2 aliphatic carbocycles. The molecule has 0 radical (unpaired) electrons. The van der Waals surface area contributed by atoms with Crippen molar-refractivity contribution in [3.8, 4) is 6.07 Å². The van der Waals surface area contributed by atoms with E-state index in [1.807, 2.05) is 11.0 Å². The van der Waals surface area contributed by atoms with E-state index in [4.69, 9.17) is 15.0 Å². The number of anilines is 2. The van der Waals surface area contributed by atoms with Gasteiger partial charge in [0.05, 0.1) is 24.2 Å². The van der Waals surface area contributed by atoms with E-state index < -0.39 is 17.9 Å². The molecular weight excluding hydrogens is 611 g/mol. The topological polar surface area (TPSA) is 131 Å². The summed E-state index contributed by atoms with van der Waals surface area (Å²) in [6, 6.07) is 9.98. The van der Waals surface area contributed by atoms with E-state index in [1.165, 1.54) is 59.8 Å². The Labute approximate surface area is 266 Å². The van der Waals surface area contributed by atoms with Gasteiger partial charge in [0, 0.05) is 31.9 Å². The first-order valence-electron chi connectivity index (χ1n) is 14.9. The summed E-state index contributed by atoms with van der Waals surface area (Å²) in [5, 5.41) is 36.0. The second-order valence-corrected chi connectivity index (χ2v) is 11.4. The molecule has 244 valence electrons. The normalized spacial score (nSPS) is 14.4. The average molecular weight is 650 g/mol. The smallest absolute Gasteiger partial charge is 0.450 e. The zero-order valence-corrected chi connectivity index (χ0v) is 26.2. The number of tetrazole rings is 1. The highest BCUT2D eigenvalue weighted by Crippen LogP contribution is 2.35. The Morgan fingerprint density at radius 1 is 1.02 bits per heavy atom. The number of carboxylic acid groups (broad SMARTS) is 2. The van der Waals surface area contributed by atoms with Gasteiger partial charge in [0.25, 0.3) is 5.95 Å². The van der Waals surface area contributed by atoms with Crippen LogP contribution in [-0.4, -0.2) is 49.7 Å². The SMILES string of the molecule is CCN(CC1CCCCC1)c1cc2c(cc1CN(Cc1cc(C#N)cc(C(F)(F)F)c1)c1nnn(C)n1)CCC2.Cl.O=C(O)O. The minimum absolute atomic E-state index is 0. The van der Waals surface area contributed by atoms with Crippen molar-refractivity contribution in [2.24, 2.45) is 13.0 Å². The number of benzene rings is 2. The van der Waals surface area contributed by atoms with Gasteiger partial charge >= 0.3 is 12.3 Å². The van der Waals surface area contributed by atoms with E-state index in [9.17, 15) is 18.4 Å². The van der Waals surface area contributed by atoms with Gasteiger partial charge in [-0.2, -0.15) is 23.2 Å². The van der Waals surface area contributed by atoms with Crippen molar-refractivity contribution >= 4 is 30.2 Å². The Kier molecular flexibility index (Phi) is 12.4. The van der Waals surface area contributed by atoms with E-state index in [2.05, 4.69) is 39.4 Å². The molecule has 10 nitrogen and oxygen atoms in total. The van der Waals surface area contributed by atoms with Gasteiger partial charge < -0.3 is 20.0 Å². The molecule has 2 aliphatic rings. The fourth-order valence-electron chi connectivity index (χ4n) is 6.20. The molecule has 1 fully saturated rings. The fraction of sp³-hybridized carbons (Fsp3) is 0.516. The quantitative estimate of drug-likeness (QED) is 0.255. The van der Waals surface area contributed by atoms with Gasteiger partial charge in [-0.25, -0.2) is 4.79 Å². The largest absolute Gasteiger partial charge is 0.503 e. The number of aromatic nitrogens is 4. The number of hydrogen-bond donors (Lipinski definition) is 2. The molecule has 0 amide bonds. The number of hydrogen-bond acceptors (Lipinski definition) is 7. The number of rotatable bonds is 9. The van der Waals surface area contributed by atoms with Gasteiger partial charge in [0.2, 0.25) is 0 Å². The number of nitrogens with zero attached hydrogens (tertiary/aromatic N) is 7. The van der Waals surface area contributed by atoms with Crippen molar-refractivity contribution in [1.29, 1.82) is 5.26 Å². The number of carbonyl (C=O) groups is 1. The van der Waals surface area contributed by atoms with Crippen LogP contribution in [0.5, 0.6) is 0 Å². The highest BCUT2D eigenvalue weighted by atomic mass is 35.5. The predicted octanol–water partition coefficient (Wildman–Crippen LogP) is 6.85. The van der Waals surface area contributed by atoms with Crippen molar-refractivity contribution in [2.75, 3.05) is 22.9 Å². The Morgan fingerprint density at radius 3 is 2.27 bits per heavy atom. The van der Waals surface area contributed by atoms with E-state index in [-0.39, 0.29) is 24.5 Å². The monoisotopic (exact) mass is 649 g/mol. The number of alkyl halides is 3. The lowest BCUT2D eigenvalue weighted by Crippen LogP contribution is -2.32. The van der Waals surface area contributed by atoms with Crippen molar-refractivity contribution in [3.63, 3.8) is 0 Å². The Balaban J connectivity index is 0.00000104. The third kappa shape index (κ3) is 9.72. The van der Waals surface area contributed by atoms with Crippen LogP contribution in [0.1, 0.15) is 78.8 Å². The minimum atomic E-state index is -4.55. The molecule has 45 heavy (non-hydrogen) atoms. The van der Waals surface area contributed by atoms with Crippen LogP contribution >= 0.6 is 12.4 Å². The summed E-state index contributed by atoms with van der Waals surface area (Å²) >= 11 is 0. The van der Waals surface area contributed by atoms with Crippen LogP contribution in [0.4, 0.5) is 29.6 Å². The molecule has 3 aromatic rings. The van der Waals surface area contributed by atoms with E-state index in [0.717, 1.165) is 50.0 Å². The summed E-state index contributed by atoms with van der Waals surface area (Å²) in [4.78, 5) is 14.2. The highest BCUT2D eigenvalue weighted by Gasteiger charge is 2.32. The van der Waals surface area contributed by atoms with Crippen molar-refractivity contribution in [2.45, 2.75) is 77.6 Å². The first-order chi connectivity index (χ1) is 21.0. The number of aryl methyl sites for hydroxylation is 3. The summed E-state index contributed by atoms with van der Waals surface area (Å²) in [7, 11) is 1.66. The van der Waals surface area contributed by atoms with Crippen LogP contribution < -0.4 is 9.80 Å². The maximum Gasteiger partial charge on any atom is 0.503 e. The van der Waals surface area contributed by atoms with E-state index in [0.29, 0.717) is 24.0 Å². The summed E-state index contributed by atoms with van der Waals surface area (Å²) in [5.41, 5.74) is 4.53. The van der Waals surface area contributed by atoms with Crippen LogP contribution in [0, 0.1) is 17.2 Å². The molecule has 1 aromatic heterocycles. The van der Waals surface area contributed by atoms with Gasteiger partial charge in [-0.05, 0) is 96.7 Å². The van der Waals surface area contributed by atoms with Crippen LogP contribution in [0.3, 0.4) is 0 Å². The number of fused-ring (bicyclic) bond motifs is 1. The molecule has 14 heteroatoms. The van der Waals surface area contributed by atoms with E-state index in [1.54, 1.807) is 7.05 Å². The molecule has 0 aliphatic heterocycles. The van der Waals surface area contributed by atoms with Gasteiger partial charge in [-0.1, -0.05) is 30.4 Å². The molecular formula is C31H39ClF3N7O3. The molecule has 2 aromatic carbocycles. The lowest BCUT2D eigenvalue weighted by atomic mass is 9.88. The maximum absolute atomic E-state index is 13.6. The molecule has 0 spiro atoms. The molecule has 0 bridgehead atoms. The van der Waals surface area contributed by atoms with Gasteiger partial charge in [-0.15, -0.1) is 17.5 Å². The van der Waals surface area contributed by atoms with Crippen LogP contribution in [-0.2, 0) is 39.2 Å². The summed E-state index contributed by atoms with van der Waals surface area (Å²) in [6.07, 6.45) is 3.23. The minimum Gasteiger partial charge on any atom is -0.450 e. The van der Waals surface area contributed by atoms with Crippen molar-refractivity contribution < 1.29 is 28.2 Å². The van der Waals surface area contributed by atoms with Crippen molar-refractivity contribution in [3.05, 3.63) is 63.7 Å². The zero-order chi connectivity index (χ0) is 31.9. The molecule has 1 saturated carbocycles. The summed E-state index contributed by atoms with van der Waals surface area (Å²) in [5.74, 6) is 1.00. The number of nitriles is 1. The average Bonchev–Trinajstić information content (AvgIpc) is 3.63. The Bertz CT molecular complexity index is 1480. The van der Waals surface area contributed by atoms with Gasteiger partial charge in [-0.3, -0.25) is 0 Å². The van der Waals surface area contributed by atoms with Crippen LogP contribution in [0.25, 0.3) is 0 Å². The van der Waals surface area contributed by atoms with Crippen LogP contribution in [0.15, 0.2) is 30.3 Å². The predicted molar refractivity (Wildman–Crippen MR) is 166 cm³/mol. The molecule has 2 N–H and O–H groups in total. The number of halogens is 4. The lowest BCUT2D eigenvalue weighted by molar-refractivity contribution is -0.137. The third-order valence-corrected chi connectivity index (χ3v) is 8.18. The second-order valence-electron chi connectivity index (χ2n) is 11.4. The lowest BCUT2D eigenvalue weighted by Gasteiger charge is -2.33. The zero-order valence-electron chi connectivity index (χ0n) is 25.4. The third-order valence-electron chi connectivity index (χ3n) is 8.18. The Hall–Kier alpha value is -4.05. The van der Waals surface area contributed by atoms with Gasteiger partial charge in [0.1, 0.15) is 0 Å². The Morgan fingerprint density at radius 2 is 1.69 bits per heavy atom. The van der Waals surface area contributed by atoms with Crippen LogP contribution in [0.2, 0.25) is 0 Å². The first kappa shape index (κ1) is 35.4. The molecule has 0 saturated heterocycles. The standard InChI is InChI=1S/C30H36F3N7.CH2O3.ClH/c1-3-39(18-21-8-5-4-6-9-21)28-16-25-11-7-10-24(25)15-26(28)20-40(29-35-37-38(2)36-29)19-23-12-22(17-34)13-27(14-23)30(31,32)33;2-1(3)4;/h12-16,21H,3-11,18-20H2,1-2H3;(H2,2,3,4);1H. The van der Waals surface area contributed by atoms with Crippen molar-refractivity contribution in [1.82, 2.24) is 20.2 Å². The first-order valence-corrected chi connectivity index (χ1v) is 14.9.